The lowest BCUT2D eigenvalue weighted by Crippen LogP contribution is -2.30. The number of para-hydroxylation sites is 2. The first-order chi connectivity index (χ1) is 12.3. The van der Waals surface area contributed by atoms with Crippen LogP contribution in [0.1, 0.15) is 24.8 Å². The average molecular weight is 332 g/mol. The molecule has 1 N–H and O–H groups in total. The number of rotatable bonds is 4. The van der Waals surface area contributed by atoms with Crippen molar-refractivity contribution in [2.75, 3.05) is 0 Å². The lowest BCUT2D eigenvalue weighted by atomic mass is 9.93. The van der Waals surface area contributed by atoms with Gasteiger partial charge in [-0.3, -0.25) is 9.36 Å². The molecule has 126 valence electrons. The first kappa shape index (κ1) is 15.6. The Hall–Kier alpha value is -2.95. The van der Waals surface area contributed by atoms with Crippen LogP contribution in [0.25, 0.3) is 16.9 Å². The molecule has 0 saturated carbocycles. The molecule has 0 saturated heterocycles. The van der Waals surface area contributed by atoms with Gasteiger partial charge < -0.3 is 5.32 Å². The highest BCUT2D eigenvalue weighted by atomic mass is 16.1. The third-order valence-corrected chi connectivity index (χ3v) is 4.62. The summed E-state index contributed by atoms with van der Waals surface area (Å²) in [5.41, 5.74) is 2.97. The number of fused-ring (bicyclic) bond motifs is 1. The minimum Gasteiger partial charge on any atom is -0.352 e. The molecule has 1 aromatic carbocycles. The summed E-state index contributed by atoms with van der Waals surface area (Å²) in [6.45, 7) is 0.511. The van der Waals surface area contributed by atoms with Crippen molar-refractivity contribution in [3.8, 4) is 5.82 Å². The van der Waals surface area contributed by atoms with Crippen molar-refractivity contribution < 1.29 is 4.79 Å². The van der Waals surface area contributed by atoms with Crippen LogP contribution in [0.15, 0.2) is 61.1 Å². The summed E-state index contributed by atoms with van der Waals surface area (Å²) < 4.78 is 1.96. The van der Waals surface area contributed by atoms with Gasteiger partial charge in [-0.1, -0.05) is 30.4 Å². The number of nitrogens with one attached hydrogen (secondary N) is 1. The number of amides is 1. The van der Waals surface area contributed by atoms with Crippen LogP contribution in [0.2, 0.25) is 0 Å². The fourth-order valence-corrected chi connectivity index (χ4v) is 3.17. The standard InChI is InChI=1S/C20H20N4O/c25-20(16-6-2-1-3-7-16)22-13-15-10-11-19(21-12-15)24-14-23-17-8-4-5-9-18(17)24/h1-2,4-5,8-12,14,16H,3,6-7,13H2,(H,22,25)/t16-/m0/s1. The maximum absolute atomic E-state index is 12.2. The van der Waals surface area contributed by atoms with Crippen molar-refractivity contribution in [3.05, 3.63) is 66.6 Å². The number of hydrogen-bond acceptors (Lipinski definition) is 3. The van der Waals surface area contributed by atoms with Crippen LogP contribution in [0.3, 0.4) is 0 Å². The third kappa shape index (κ3) is 3.31. The molecule has 0 aliphatic heterocycles. The van der Waals surface area contributed by atoms with E-state index in [0.29, 0.717) is 6.54 Å². The number of imidazole rings is 1. The highest BCUT2D eigenvalue weighted by molar-refractivity contribution is 5.79. The lowest BCUT2D eigenvalue weighted by Gasteiger charge is -2.17. The second-order valence-electron chi connectivity index (χ2n) is 6.33. The van der Waals surface area contributed by atoms with E-state index in [4.69, 9.17) is 0 Å². The molecule has 0 fully saturated rings. The molecule has 1 aliphatic rings. The van der Waals surface area contributed by atoms with Crippen molar-refractivity contribution in [1.29, 1.82) is 0 Å². The normalized spacial score (nSPS) is 16.9. The van der Waals surface area contributed by atoms with Crippen LogP contribution < -0.4 is 5.32 Å². The highest BCUT2D eigenvalue weighted by Gasteiger charge is 2.18. The Morgan fingerprint density at radius 1 is 1.16 bits per heavy atom. The van der Waals surface area contributed by atoms with E-state index in [0.717, 1.165) is 41.7 Å². The predicted molar refractivity (Wildman–Crippen MR) is 97.2 cm³/mol. The number of aromatic nitrogens is 3. The van der Waals surface area contributed by atoms with Crippen LogP contribution in [-0.4, -0.2) is 20.4 Å². The molecule has 0 unspecified atom stereocenters. The van der Waals surface area contributed by atoms with E-state index in [1.54, 1.807) is 6.33 Å². The fourth-order valence-electron chi connectivity index (χ4n) is 3.17. The molecule has 3 aromatic rings. The largest absolute Gasteiger partial charge is 0.352 e. The SMILES string of the molecule is O=C(NCc1ccc(-n2cnc3ccccc32)nc1)[C@H]1CC=CCC1. The molecular formula is C20H20N4O. The zero-order valence-electron chi connectivity index (χ0n) is 13.9. The molecule has 0 bridgehead atoms. The van der Waals surface area contributed by atoms with Gasteiger partial charge in [0, 0.05) is 18.7 Å². The Morgan fingerprint density at radius 2 is 2.08 bits per heavy atom. The van der Waals surface area contributed by atoms with Gasteiger partial charge in [-0.05, 0) is 43.0 Å². The summed E-state index contributed by atoms with van der Waals surface area (Å²) in [7, 11) is 0. The number of hydrogen-bond donors (Lipinski definition) is 1. The monoisotopic (exact) mass is 332 g/mol. The number of carbonyl (C=O) groups is 1. The Bertz CT molecular complexity index is 911. The van der Waals surface area contributed by atoms with E-state index in [2.05, 4.69) is 27.4 Å². The van der Waals surface area contributed by atoms with E-state index in [1.165, 1.54) is 0 Å². The quantitative estimate of drug-likeness (QED) is 0.745. The number of pyridine rings is 1. The van der Waals surface area contributed by atoms with Crippen molar-refractivity contribution >= 4 is 16.9 Å². The molecule has 0 radical (unpaired) electrons. The number of nitrogens with zero attached hydrogens (tertiary/aromatic N) is 3. The molecule has 1 aliphatic carbocycles. The van der Waals surface area contributed by atoms with E-state index < -0.39 is 0 Å². The predicted octanol–water partition coefficient (Wildman–Crippen LogP) is 3.39. The van der Waals surface area contributed by atoms with Gasteiger partial charge in [-0.15, -0.1) is 0 Å². The fraction of sp³-hybridized carbons (Fsp3) is 0.250. The van der Waals surface area contributed by atoms with E-state index in [9.17, 15) is 4.79 Å². The van der Waals surface area contributed by atoms with Gasteiger partial charge >= 0.3 is 0 Å². The van der Waals surface area contributed by atoms with Crippen LogP contribution >= 0.6 is 0 Å². The topological polar surface area (TPSA) is 59.8 Å². The van der Waals surface area contributed by atoms with Crippen LogP contribution in [0.5, 0.6) is 0 Å². The molecule has 0 spiro atoms. The zero-order chi connectivity index (χ0) is 17.1. The van der Waals surface area contributed by atoms with Gasteiger partial charge in [0.15, 0.2) is 0 Å². The summed E-state index contributed by atoms with van der Waals surface area (Å²) in [6, 6.07) is 11.9. The smallest absolute Gasteiger partial charge is 0.223 e. The molecule has 4 rings (SSSR count). The Balaban J connectivity index is 1.43. The number of carbonyl (C=O) groups excluding carboxylic acids is 1. The molecule has 25 heavy (non-hydrogen) atoms. The second-order valence-corrected chi connectivity index (χ2v) is 6.33. The van der Waals surface area contributed by atoms with Crippen LogP contribution in [0, 0.1) is 5.92 Å². The van der Waals surface area contributed by atoms with Gasteiger partial charge in [-0.25, -0.2) is 9.97 Å². The first-order valence-corrected chi connectivity index (χ1v) is 8.61. The Morgan fingerprint density at radius 3 is 2.88 bits per heavy atom. The maximum Gasteiger partial charge on any atom is 0.223 e. The molecule has 1 atom stereocenters. The summed E-state index contributed by atoms with van der Waals surface area (Å²) in [5.74, 6) is 1.06. The lowest BCUT2D eigenvalue weighted by molar-refractivity contribution is -0.125. The average Bonchev–Trinajstić information content (AvgIpc) is 3.11. The summed E-state index contributed by atoms with van der Waals surface area (Å²) in [4.78, 5) is 21.1. The third-order valence-electron chi connectivity index (χ3n) is 4.62. The summed E-state index contributed by atoms with van der Waals surface area (Å²) in [5, 5.41) is 3.02. The van der Waals surface area contributed by atoms with Gasteiger partial charge in [0.25, 0.3) is 0 Å². The molecule has 1 amide bonds. The first-order valence-electron chi connectivity index (χ1n) is 8.61. The Labute approximate surface area is 146 Å². The van der Waals surface area contributed by atoms with Crippen molar-refractivity contribution in [2.45, 2.75) is 25.8 Å². The maximum atomic E-state index is 12.2. The van der Waals surface area contributed by atoms with E-state index >= 15 is 0 Å². The van der Waals surface area contributed by atoms with E-state index in [1.807, 2.05) is 47.2 Å². The second kappa shape index (κ2) is 6.89. The summed E-state index contributed by atoms with van der Waals surface area (Å²) >= 11 is 0. The molecule has 2 heterocycles. The van der Waals surface area contributed by atoms with Gasteiger partial charge in [0.05, 0.1) is 11.0 Å². The molecular weight excluding hydrogens is 312 g/mol. The molecule has 5 heteroatoms. The minimum absolute atomic E-state index is 0.106. The molecule has 2 aromatic heterocycles. The van der Waals surface area contributed by atoms with Crippen LogP contribution in [0.4, 0.5) is 0 Å². The van der Waals surface area contributed by atoms with Gasteiger partial charge in [0.1, 0.15) is 12.1 Å². The number of benzene rings is 1. The van der Waals surface area contributed by atoms with Crippen LogP contribution in [-0.2, 0) is 11.3 Å². The molecule has 5 nitrogen and oxygen atoms in total. The van der Waals surface area contributed by atoms with Gasteiger partial charge in [-0.2, -0.15) is 0 Å². The van der Waals surface area contributed by atoms with E-state index in [-0.39, 0.29) is 11.8 Å². The van der Waals surface area contributed by atoms with Gasteiger partial charge in [0.2, 0.25) is 5.91 Å². The minimum atomic E-state index is 0.106. The van der Waals surface area contributed by atoms with Crippen molar-refractivity contribution in [3.63, 3.8) is 0 Å². The van der Waals surface area contributed by atoms with Crippen molar-refractivity contribution in [2.24, 2.45) is 5.92 Å². The van der Waals surface area contributed by atoms with Crippen molar-refractivity contribution in [1.82, 2.24) is 19.9 Å². The highest BCUT2D eigenvalue weighted by Crippen LogP contribution is 2.19. The number of allylic oxidation sites excluding steroid dienone is 2. The summed E-state index contributed by atoms with van der Waals surface area (Å²) in [6.07, 6.45) is 10.6. The zero-order valence-corrected chi connectivity index (χ0v) is 13.9. The Kier molecular flexibility index (Phi) is 4.29.